The Bertz CT molecular complexity index is 966. The van der Waals surface area contributed by atoms with Crippen LogP contribution in [0, 0.1) is 16.0 Å². The molecule has 0 spiro atoms. The number of primary amides is 1. The van der Waals surface area contributed by atoms with Crippen molar-refractivity contribution in [2.45, 2.75) is 25.1 Å². The van der Waals surface area contributed by atoms with Gasteiger partial charge in [-0.3, -0.25) is 19.8 Å². The fourth-order valence-electron chi connectivity index (χ4n) is 3.98. The fraction of sp³-hybridized carbons (Fsp3) is 0.400. The Morgan fingerprint density at radius 2 is 2.03 bits per heavy atom. The molecule has 3 rings (SSSR count). The predicted octanol–water partition coefficient (Wildman–Crippen LogP) is 3.60. The fourth-order valence-corrected chi connectivity index (χ4v) is 3.98. The third kappa shape index (κ3) is 5.10. The Kier molecular flexibility index (Phi) is 6.44. The molecule has 2 heterocycles. The topological polar surface area (TPSA) is 114 Å². The summed E-state index contributed by atoms with van der Waals surface area (Å²) in [5.74, 6) is -0.704. The van der Waals surface area contributed by atoms with Crippen molar-refractivity contribution in [2.75, 3.05) is 25.5 Å². The minimum atomic E-state index is -4.40. The standard InChI is InChI=1S/C20H22F3N5O3/c1-27-8-2-3-13(17(27)12-4-6-14(7-5-12)20(21,22)23)10-25-19-16(18(24)29)9-15(11-26-19)28(30)31/h4-7,9,11,13,17H,2-3,8,10H2,1H3,(H2,24,29)(H,25,26). The Labute approximate surface area is 176 Å². The first-order chi connectivity index (χ1) is 14.6. The summed E-state index contributed by atoms with van der Waals surface area (Å²) in [5, 5.41) is 14.0. The van der Waals surface area contributed by atoms with E-state index >= 15 is 0 Å². The third-order valence-corrected chi connectivity index (χ3v) is 5.47. The number of nitrogens with zero attached hydrogens (tertiary/aromatic N) is 3. The number of hydrogen-bond acceptors (Lipinski definition) is 6. The molecule has 31 heavy (non-hydrogen) atoms. The van der Waals surface area contributed by atoms with E-state index in [1.54, 1.807) is 0 Å². The number of halogens is 3. The number of nitro groups is 1. The minimum absolute atomic E-state index is 0.00760. The summed E-state index contributed by atoms with van der Waals surface area (Å²) in [6.07, 6.45) is -1.65. The highest BCUT2D eigenvalue weighted by molar-refractivity contribution is 5.98. The first-order valence-corrected chi connectivity index (χ1v) is 9.63. The van der Waals surface area contributed by atoms with Crippen molar-refractivity contribution in [3.05, 3.63) is 63.3 Å². The van der Waals surface area contributed by atoms with E-state index < -0.39 is 22.6 Å². The summed E-state index contributed by atoms with van der Waals surface area (Å²) in [6, 6.07) is 6.05. The Morgan fingerprint density at radius 1 is 1.35 bits per heavy atom. The number of piperidine rings is 1. The van der Waals surface area contributed by atoms with Crippen LogP contribution in [0.5, 0.6) is 0 Å². The van der Waals surface area contributed by atoms with Crippen molar-refractivity contribution in [2.24, 2.45) is 11.7 Å². The Morgan fingerprint density at radius 3 is 2.61 bits per heavy atom. The number of rotatable bonds is 6. The highest BCUT2D eigenvalue weighted by Crippen LogP contribution is 2.37. The lowest BCUT2D eigenvalue weighted by Gasteiger charge is -2.40. The molecule has 1 aromatic carbocycles. The summed E-state index contributed by atoms with van der Waals surface area (Å²) in [6.45, 7) is 1.16. The molecule has 0 radical (unpaired) electrons. The molecule has 0 saturated carbocycles. The number of amides is 1. The molecule has 8 nitrogen and oxygen atoms in total. The van der Waals surface area contributed by atoms with Gasteiger partial charge in [0.1, 0.15) is 12.0 Å². The lowest BCUT2D eigenvalue weighted by atomic mass is 9.84. The molecule has 0 bridgehead atoms. The van der Waals surface area contributed by atoms with Gasteiger partial charge >= 0.3 is 6.18 Å². The van der Waals surface area contributed by atoms with Crippen LogP contribution in [0.15, 0.2) is 36.5 Å². The van der Waals surface area contributed by atoms with Crippen molar-refractivity contribution >= 4 is 17.4 Å². The average Bonchev–Trinajstić information content (AvgIpc) is 2.71. The zero-order valence-corrected chi connectivity index (χ0v) is 16.7. The smallest absolute Gasteiger partial charge is 0.369 e. The number of carbonyl (C=O) groups excluding carboxylic acids is 1. The zero-order chi connectivity index (χ0) is 22.8. The van der Waals surface area contributed by atoms with Gasteiger partial charge in [-0.15, -0.1) is 0 Å². The SMILES string of the molecule is CN1CCCC(CNc2ncc([N+](=O)[O-])cc2C(N)=O)C1c1ccc(C(F)(F)F)cc1. The van der Waals surface area contributed by atoms with E-state index in [2.05, 4.69) is 15.2 Å². The second-order valence-corrected chi connectivity index (χ2v) is 7.54. The molecular weight excluding hydrogens is 415 g/mol. The highest BCUT2D eigenvalue weighted by Gasteiger charge is 2.33. The molecule has 11 heteroatoms. The molecule has 3 N–H and O–H groups in total. The highest BCUT2D eigenvalue weighted by atomic mass is 19.4. The summed E-state index contributed by atoms with van der Waals surface area (Å²) in [5.41, 5.74) is 4.95. The van der Waals surface area contributed by atoms with E-state index in [-0.39, 0.29) is 29.0 Å². The van der Waals surface area contributed by atoms with Gasteiger partial charge in [-0.2, -0.15) is 13.2 Å². The van der Waals surface area contributed by atoms with Gasteiger partial charge in [0.15, 0.2) is 0 Å². The van der Waals surface area contributed by atoms with Crippen molar-refractivity contribution < 1.29 is 22.9 Å². The van der Waals surface area contributed by atoms with E-state index in [0.29, 0.717) is 6.54 Å². The number of nitrogens with two attached hydrogens (primary N) is 1. The van der Waals surface area contributed by atoms with Crippen LogP contribution in [-0.2, 0) is 6.18 Å². The maximum Gasteiger partial charge on any atom is 0.416 e. The molecule has 1 saturated heterocycles. The van der Waals surface area contributed by atoms with Crippen molar-refractivity contribution in [3.63, 3.8) is 0 Å². The van der Waals surface area contributed by atoms with E-state index in [9.17, 15) is 28.1 Å². The number of hydrogen-bond donors (Lipinski definition) is 2. The Balaban J connectivity index is 1.81. The maximum atomic E-state index is 12.9. The van der Waals surface area contributed by atoms with Crippen LogP contribution >= 0.6 is 0 Å². The van der Waals surface area contributed by atoms with Crippen molar-refractivity contribution in [1.29, 1.82) is 0 Å². The van der Waals surface area contributed by atoms with Crippen LogP contribution in [0.4, 0.5) is 24.7 Å². The van der Waals surface area contributed by atoms with Gasteiger partial charge in [0.25, 0.3) is 11.6 Å². The monoisotopic (exact) mass is 437 g/mol. The largest absolute Gasteiger partial charge is 0.416 e. The summed E-state index contributed by atoms with van der Waals surface area (Å²) in [7, 11) is 1.91. The lowest BCUT2D eigenvalue weighted by molar-refractivity contribution is -0.385. The Hall–Kier alpha value is -3.21. The molecule has 166 valence electrons. The minimum Gasteiger partial charge on any atom is -0.369 e. The van der Waals surface area contributed by atoms with Crippen molar-refractivity contribution in [1.82, 2.24) is 9.88 Å². The second kappa shape index (κ2) is 8.88. The number of anilines is 1. The zero-order valence-electron chi connectivity index (χ0n) is 16.7. The molecule has 1 fully saturated rings. The van der Waals surface area contributed by atoms with Gasteiger partial charge in [-0.1, -0.05) is 12.1 Å². The van der Waals surface area contributed by atoms with E-state index in [4.69, 9.17) is 5.73 Å². The molecule has 1 aromatic heterocycles. The van der Waals surface area contributed by atoms with Crippen LogP contribution in [-0.4, -0.2) is 40.9 Å². The van der Waals surface area contributed by atoms with Crippen molar-refractivity contribution in [3.8, 4) is 0 Å². The van der Waals surface area contributed by atoms with E-state index in [1.807, 2.05) is 7.05 Å². The van der Waals surface area contributed by atoms with Crippen LogP contribution in [0.3, 0.4) is 0 Å². The van der Waals surface area contributed by atoms with E-state index in [1.165, 1.54) is 12.1 Å². The molecule has 2 aromatic rings. The number of likely N-dealkylation sites (tertiary alicyclic amines) is 1. The molecular formula is C20H22F3N5O3. The molecule has 0 aliphatic carbocycles. The molecule has 2 atom stereocenters. The van der Waals surface area contributed by atoms with Gasteiger partial charge in [0.05, 0.1) is 16.1 Å². The average molecular weight is 437 g/mol. The molecule has 1 aliphatic heterocycles. The molecule has 1 aliphatic rings. The summed E-state index contributed by atoms with van der Waals surface area (Å²) >= 11 is 0. The first kappa shape index (κ1) is 22.5. The van der Waals surface area contributed by atoms with Gasteiger partial charge in [-0.25, -0.2) is 4.98 Å². The number of aromatic nitrogens is 1. The summed E-state index contributed by atoms with van der Waals surface area (Å²) in [4.78, 5) is 28.0. The quantitative estimate of drug-likeness (QED) is 0.527. The van der Waals surface area contributed by atoms with Crippen LogP contribution < -0.4 is 11.1 Å². The number of carbonyl (C=O) groups is 1. The molecule has 2 unspecified atom stereocenters. The number of pyridine rings is 1. The predicted molar refractivity (Wildman–Crippen MR) is 107 cm³/mol. The summed E-state index contributed by atoms with van der Waals surface area (Å²) < 4.78 is 38.7. The van der Waals surface area contributed by atoms with Crippen LogP contribution in [0.1, 0.15) is 40.4 Å². The maximum absolute atomic E-state index is 12.9. The van der Waals surface area contributed by atoms with Gasteiger partial charge in [0.2, 0.25) is 0 Å². The van der Waals surface area contributed by atoms with Crippen LogP contribution in [0.25, 0.3) is 0 Å². The van der Waals surface area contributed by atoms with Crippen LogP contribution in [0.2, 0.25) is 0 Å². The van der Waals surface area contributed by atoms with E-state index in [0.717, 1.165) is 49.3 Å². The second-order valence-electron chi connectivity index (χ2n) is 7.54. The normalized spacial score (nSPS) is 19.7. The number of nitrogens with one attached hydrogen (secondary N) is 1. The van der Waals surface area contributed by atoms with Gasteiger partial charge < -0.3 is 11.1 Å². The molecule has 1 amide bonds. The van der Waals surface area contributed by atoms with Gasteiger partial charge in [-0.05, 0) is 50.0 Å². The lowest BCUT2D eigenvalue weighted by Crippen LogP contribution is -2.39. The van der Waals surface area contributed by atoms with Gasteiger partial charge in [0, 0.05) is 18.7 Å². The number of benzene rings is 1. The third-order valence-electron chi connectivity index (χ3n) is 5.47. The first-order valence-electron chi connectivity index (χ1n) is 9.63. The number of alkyl halides is 3.